The van der Waals surface area contributed by atoms with E-state index in [2.05, 4.69) is 22.8 Å². The Kier molecular flexibility index (Phi) is 9.79. The minimum absolute atomic E-state index is 0.0345. The van der Waals surface area contributed by atoms with Gasteiger partial charge in [0.1, 0.15) is 6.04 Å². The number of amides is 3. The van der Waals surface area contributed by atoms with Gasteiger partial charge in [0.2, 0.25) is 11.8 Å². The number of rotatable bonds is 6. The average molecular weight is 576 g/mol. The molecule has 3 aliphatic heterocycles. The second kappa shape index (κ2) is 13.9. The van der Waals surface area contributed by atoms with E-state index in [4.69, 9.17) is 14.2 Å². The third kappa shape index (κ3) is 7.13. The summed E-state index contributed by atoms with van der Waals surface area (Å²) in [5, 5.41) is 6.38. The van der Waals surface area contributed by atoms with Crippen LogP contribution in [0.25, 0.3) is 0 Å². The van der Waals surface area contributed by atoms with Crippen molar-refractivity contribution < 1.29 is 28.6 Å². The Morgan fingerprint density at radius 1 is 1.00 bits per heavy atom. The summed E-state index contributed by atoms with van der Waals surface area (Å²) in [5.74, 6) is 0.768. The maximum absolute atomic E-state index is 13.8. The fourth-order valence-corrected chi connectivity index (χ4v) is 6.18. The SMILES string of the molecule is COc1ccccc1OCC(=O)N1CC[C@@H]2NC(=O)[C@@H](Cc3ccccc3)NC(=O)C3(C/C=C/C[C@@H]2C1)CCOCC3. The molecule has 2 aromatic carbocycles. The van der Waals surface area contributed by atoms with Crippen molar-refractivity contribution in [3.8, 4) is 11.5 Å². The van der Waals surface area contributed by atoms with Crippen LogP contribution in [-0.2, 0) is 25.5 Å². The Balaban J connectivity index is 1.32. The molecular weight excluding hydrogens is 534 g/mol. The molecule has 3 aliphatic rings. The molecule has 2 fully saturated rings. The highest BCUT2D eigenvalue weighted by Crippen LogP contribution is 2.36. The number of ether oxygens (including phenoxy) is 3. The van der Waals surface area contributed by atoms with Gasteiger partial charge in [-0.2, -0.15) is 0 Å². The summed E-state index contributed by atoms with van der Waals surface area (Å²) in [5.41, 5.74) is 0.380. The number of allylic oxidation sites excluding steroid dienone is 2. The number of fused-ring (bicyclic) bond motifs is 1. The fraction of sp³-hybridized carbons (Fsp3) is 0.485. The zero-order valence-electron chi connectivity index (χ0n) is 24.3. The van der Waals surface area contributed by atoms with Gasteiger partial charge in [0, 0.05) is 44.7 Å². The number of piperidine rings is 1. The molecule has 3 heterocycles. The molecule has 5 rings (SSSR count). The van der Waals surface area contributed by atoms with Gasteiger partial charge in [0.25, 0.3) is 5.91 Å². The monoisotopic (exact) mass is 575 g/mol. The molecule has 2 saturated heterocycles. The Morgan fingerprint density at radius 3 is 2.50 bits per heavy atom. The van der Waals surface area contributed by atoms with E-state index >= 15 is 0 Å². The van der Waals surface area contributed by atoms with Crippen LogP contribution in [0.5, 0.6) is 11.5 Å². The van der Waals surface area contributed by atoms with Crippen molar-refractivity contribution in [2.75, 3.05) is 40.0 Å². The number of para-hydroxylation sites is 2. The molecular formula is C33H41N3O6. The Morgan fingerprint density at radius 2 is 1.74 bits per heavy atom. The van der Waals surface area contributed by atoms with Gasteiger partial charge in [0.05, 0.1) is 12.5 Å². The predicted molar refractivity (Wildman–Crippen MR) is 158 cm³/mol. The number of benzene rings is 2. The molecule has 0 aromatic heterocycles. The topological polar surface area (TPSA) is 106 Å². The minimum atomic E-state index is -0.697. The normalized spacial score (nSPS) is 25.2. The van der Waals surface area contributed by atoms with Gasteiger partial charge in [-0.05, 0) is 49.8 Å². The molecule has 3 amide bonds. The van der Waals surface area contributed by atoms with Crippen LogP contribution in [0.4, 0.5) is 0 Å². The highest BCUT2D eigenvalue weighted by molar-refractivity contribution is 5.90. The van der Waals surface area contributed by atoms with Crippen molar-refractivity contribution in [3.05, 3.63) is 72.3 Å². The van der Waals surface area contributed by atoms with Crippen molar-refractivity contribution >= 4 is 17.7 Å². The summed E-state index contributed by atoms with van der Waals surface area (Å²) >= 11 is 0. The molecule has 0 bridgehead atoms. The number of hydrogen-bond acceptors (Lipinski definition) is 6. The van der Waals surface area contributed by atoms with Gasteiger partial charge in [-0.25, -0.2) is 0 Å². The van der Waals surface area contributed by atoms with Gasteiger partial charge in [-0.1, -0.05) is 54.6 Å². The highest BCUT2D eigenvalue weighted by Gasteiger charge is 2.41. The molecule has 0 aliphatic carbocycles. The average Bonchev–Trinajstić information content (AvgIpc) is 3.02. The van der Waals surface area contributed by atoms with Crippen molar-refractivity contribution in [3.63, 3.8) is 0 Å². The molecule has 2 N–H and O–H groups in total. The molecule has 0 unspecified atom stereocenters. The largest absolute Gasteiger partial charge is 0.493 e. The molecule has 224 valence electrons. The Labute approximate surface area is 247 Å². The predicted octanol–water partition coefficient (Wildman–Crippen LogP) is 3.28. The van der Waals surface area contributed by atoms with Crippen LogP contribution < -0.4 is 20.1 Å². The van der Waals surface area contributed by atoms with Gasteiger partial charge in [0.15, 0.2) is 18.1 Å². The second-order valence-electron chi connectivity index (χ2n) is 11.5. The molecule has 0 saturated carbocycles. The number of nitrogens with zero attached hydrogens (tertiary/aromatic N) is 1. The third-order valence-electron chi connectivity index (χ3n) is 8.78. The van der Waals surface area contributed by atoms with E-state index < -0.39 is 11.5 Å². The number of methoxy groups -OCH3 is 1. The highest BCUT2D eigenvalue weighted by atomic mass is 16.5. The van der Waals surface area contributed by atoms with Gasteiger partial charge < -0.3 is 29.7 Å². The summed E-state index contributed by atoms with van der Waals surface area (Å²) in [4.78, 5) is 42.5. The molecule has 2 aromatic rings. The quantitative estimate of drug-likeness (QED) is 0.513. The van der Waals surface area contributed by atoms with Crippen LogP contribution in [-0.4, -0.2) is 74.7 Å². The molecule has 9 nitrogen and oxygen atoms in total. The lowest BCUT2D eigenvalue weighted by Crippen LogP contribution is -2.58. The number of nitrogens with one attached hydrogen (secondary N) is 2. The molecule has 9 heteroatoms. The van der Waals surface area contributed by atoms with Gasteiger partial charge in [-0.15, -0.1) is 0 Å². The Hall–Kier alpha value is -3.85. The van der Waals surface area contributed by atoms with E-state index in [1.165, 1.54) is 0 Å². The summed E-state index contributed by atoms with van der Waals surface area (Å²) in [7, 11) is 1.57. The number of carbonyl (C=O) groups is 3. The van der Waals surface area contributed by atoms with Crippen LogP contribution in [0.1, 0.15) is 37.7 Å². The molecule has 3 atom stereocenters. The zero-order chi connectivity index (χ0) is 29.4. The lowest BCUT2D eigenvalue weighted by atomic mass is 9.75. The number of hydrogen-bond donors (Lipinski definition) is 2. The maximum atomic E-state index is 13.8. The van der Waals surface area contributed by atoms with Crippen LogP contribution in [0.3, 0.4) is 0 Å². The lowest BCUT2D eigenvalue weighted by molar-refractivity contribution is -0.140. The summed E-state index contributed by atoms with van der Waals surface area (Å²) < 4.78 is 16.7. The first kappa shape index (κ1) is 29.6. The molecule has 1 spiro atoms. The standard InChI is InChI=1S/C33H41N3O6/c1-40-28-12-5-6-13-29(28)42-23-30(37)36-18-14-26-25(22-36)11-7-8-15-33(16-19-41-20-17-33)32(39)35-27(31(38)34-26)21-24-9-3-2-4-10-24/h2-10,12-13,25-27H,11,14-23H2,1H3,(H,34,38)(H,35,39)/b8-7+/t25-,26+,27-/m1/s1. The van der Waals surface area contributed by atoms with E-state index in [-0.39, 0.29) is 36.3 Å². The second-order valence-corrected chi connectivity index (χ2v) is 11.5. The van der Waals surface area contributed by atoms with E-state index in [0.29, 0.717) is 76.3 Å². The first-order valence-corrected chi connectivity index (χ1v) is 14.9. The fourth-order valence-electron chi connectivity index (χ4n) is 6.18. The van der Waals surface area contributed by atoms with E-state index in [9.17, 15) is 14.4 Å². The number of carbonyl (C=O) groups excluding carboxylic acids is 3. The van der Waals surface area contributed by atoms with Crippen LogP contribution in [0.15, 0.2) is 66.7 Å². The Bertz CT molecular complexity index is 1260. The van der Waals surface area contributed by atoms with Crippen LogP contribution in [0.2, 0.25) is 0 Å². The van der Waals surface area contributed by atoms with E-state index in [0.717, 1.165) is 5.56 Å². The summed E-state index contributed by atoms with van der Waals surface area (Å²) in [6.45, 7) is 1.98. The summed E-state index contributed by atoms with van der Waals surface area (Å²) in [6.07, 6.45) is 7.75. The van der Waals surface area contributed by atoms with Crippen molar-refractivity contribution in [1.82, 2.24) is 15.5 Å². The van der Waals surface area contributed by atoms with E-state index in [1.807, 2.05) is 47.4 Å². The first-order valence-electron chi connectivity index (χ1n) is 14.9. The molecule has 42 heavy (non-hydrogen) atoms. The van der Waals surface area contributed by atoms with Crippen molar-refractivity contribution in [2.45, 2.75) is 50.6 Å². The maximum Gasteiger partial charge on any atom is 0.260 e. The van der Waals surface area contributed by atoms with Gasteiger partial charge >= 0.3 is 0 Å². The van der Waals surface area contributed by atoms with E-state index in [1.54, 1.807) is 19.2 Å². The van der Waals surface area contributed by atoms with Crippen molar-refractivity contribution in [2.24, 2.45) is 11.3 Å². The first-order chi connectivity index (χ1) is 20.5. The third-order valence-corrected chi connectivity index (χ3v) is 8.78. The minimum Gasteiger partial charge on any atom is -0.493 e. The summed E-state index contributed by atoms with van der Waals surface area (Å²) in [6, 6.07) is 16.2. The smallest absolute Gasteiger partial charge is 0.260 e. The number of likely N-dealkylation sites (tertiary alicyclic amines) is 1. The lowest BCUT2D eigenvalue weighted by Gasteiger charge is -2.40. The van der Waals surface area contributed by atoms with Crippen LogP contribution in [0, 0.1) is 11.3 Å². The molecule has 0 radical (unpaired) electrons. The van der Waals surface area contributed by atoms with Gasteiger partial charge in [-0.3, -0.25) is 14.4 Å². The zero-order valence-corrected chi connectivity index (χ0v) is 24.3. The van der Waals surface area contributed by atoms with Crippen molar-refractivity contribution in [1.29, 1.82) is 0 Å². The van der Waals surface area contributed by atoms with Crippen LogP contribution >= 0.6 is 0 Å².